The summed E-state index contributed by atoms with van der Waals surface area (Å²) in [5.41, 5.74) is 16.1. The minimum absolute atomic E-state index is 1.11. The normalized spacial score (nSPS) is 11.2. The Morgan fingerprint density at radius 2 is 0.450 bits per heavy atom. The Morgan fingerprint density at radius 3 is 0.783 bits per heavy atom. The average Bonchev–Trinajstić information content (AvgIpc) is 3.33. The Morgan fingerprint density at radius 1 is 0.200 bits per heavy atom. The van der Waals surface area contributed by atoms with Crippen LogP contribution in [0.1, 0.15) is 22.3 Å². The molecule has 0 unspecified atom stereocenters. The smallest absolute Gasteiger partial charge is 0.0467 e. The van der Waals surface area contributed by atoms with Gasteiger partial charge < -0.3 is 9.80 Å². The molecule has 0 atom stereocenters. The van der Waals surface area contributed by atoms with Gasteiger partial charge in [-0.15, -0.1) is 0 Å². The van der Waals surface area contributed by atoms with Gasteiger partial charge in [0.25, 0.3) is 0 Å². The standard InChI is InChI=1S/C58H44N2/c1-5-15-49(16-6-1)51-19-13-25-57(43-51)59(53-21-9-3-10-22-53)55-39-35-47(36-40-55)33-31-45-27-29-46(30-28-45)32-34-48-37-41-56(42-38-48)60(54-23-11-4-12-24-54)58-26-14-20-52(44-58)50-17-7-2-8-18-50/h1-44H/b33-31+,34-32+. The zero-order valence-electron chi connectivity index (χ0n) is 33.3. The van der Waals surface area contributed by atoms with Crippen LogP contribution in [0.5, 0.6) is 0 Å². The molecule has 0 N–H and O–H groups in total. The zero-order valence-corrected chi connectivity index (χ0v) is 33.3. The number of anilines is 6. The molecular formula is C58H44N2. The van der Waals surface area contributed by atoms with Gasteiger partial charge in [0.1, 0.15) is 0 Å². The maximum absolute atomic E-state index is 2.31. The van der Waals surface area contributed by atoms with E-state index in [1.165, 1.54) is 22.3 Å². The summed E-state index contributed by atoms with van der Waals surface area (Å²) in [5.74, 6) is 0. The summed E-state index contributed by atoms with van der Waals surface area (Å²) in [6.45, 7) is 0. The molecule has 286 valence electrons. The fraction of sp³-hybridized carbons (Fsp3) is 0. The van der Waals surface area contributed by atoms with Crippen LogP contribution in [-0.2, 0) is 0 Å². The number of hydrogen-bond donors (Lipinski definition) is 0. The lowest BCUT2D eigenvalue weighted by Crippen LogP contribution is -2.09. The van der Waals surface area contributed by atoms with Gasteiger partial charge in [-0.05, 0) is 117 Å². The molecular weight excluding hydrogens is 725 g/mol. The third-order valence-electron chi connectivity index (χ3n) is 10.6. The molecule has 0 fully saturated rings. The predicted molar refractivity (Wildman–Crippen MR) is 257 cm³/mol. The van der Waals surface area contributed by atoms with Crippen molar-refractivity contribution in [3.8, 4) is 22.3 Å². The van der Waals surface area contributed by atoms with Crippen LogP contribution in [0.15, 0.2) is 243 Å². The number of rotatable bonds is 12. The minimum Gasteiger partial charge on any atom is -0.310 e. The zero-order chi connectivity index (χ0) is 40.4. The van der Waals surface area contributed by atoms with E-state index < -0.39 is 0 Å². The molecule has 0 saturated carbocycles. The molecule has 0 spiro atoms. The van der Waals surface area contributed by atoms with E-state index in [2.05, 4.69) is 277 Å². The van der Waals surface area contributed by atoms with E-state index in [1.54, 1.807) is 0 Å². The van der Waals surface area contributed by atoms with Crippen molar-refractivity contribution in [1.29, 1.82) is 0 Å². The van der Waals surface area contributed by atoms with Gasteiger partial charge in [-0.2, -0.15) is 0 Å². The van der Waals surface area contributed by atoms with Gasteiger partial charge in [0.2, 0.25) is 0 Å². The van der Waals surface area contributed by atoms with Crippen molar-refractivity contribution in [1.82, 2.24) is 0 Å². The van der Waals surface area contributed by atoms with Crippen LogP contribution >= 0.6 is 0 Å². The summed E-state index contributed by atoms with van der Waals surface area (Å²) in [6.07, 6.45) is 8.70. The van der Waals surface area contributed by atoms with Crippen molar-refractivity contribution >= 4 is 58.4 Å². The van der Waals surface area contributed by atoms with Crippen LogP contribution in [0.4, 0.5) is 34.1 Å². The highest BCUT2D eigenvalue weighted by atomic mass is 15.1. The molecule has 0 saturated heterocycles. The Bertz CT molecular complexity index is 2610. The first-order chi connectivity index (χ1) is 29.7. The van der Waals surface area contributed by atoms with E-state index in [-0.39, 0.29) is 0 Å². The van der Waals surface area contributed by atoms with E-state index in [4.69, 9.17) is 0 Å². The summed E-state index contributed by atoms with van der Waals surface area (Å²) in [6, 6.07) is 85.9. The van der Waals surface area contributed by atoms with E-state index in [9.17, 15) is 0 Å². The fourth-order valence-corrected chi connectivity index (χ4v) is 7.53. The second kappa shape index (κ2) is 18.1. The van der Waals surface area contributed by atoms with Gasteiger partial charge >= 0.3 is 0 Å². The van der Waals surface area contributed by atoms with E-state index in [0.29, 0.717) is 0 Å². The molecule has 0 aliphatic heterocycles. The summed E-state index contributed by atoms with van der Waals surface area (Å²) in [7, 11) is 0. The number of benzene rings is 9. The molecule has 0 aromatic heterocycles. The fourth-order valence-electron chi connectivity index (χ4n) is 7.53. The third-order valence-corrected chi connectivity index (χ3v) is 10.6. The van der Waals surface area contributed by atoms with Crippen LogP contribution in [0.3, 0.4) is 0 Å². The van der Waals surface area contributed by atoms with E-state index >= 15 is 0 Å². The first-order valence-corrected chi connectivity index (χ1v) is 20.4. The van der Waals surface area contributed by atoms with Crippen molar-refractivity contribution in [2.45, 2.75) is 0 Å². The van der Waals surface area contributed by atoms with Gasteiger partial charge in [-0.1, -0.05) is 194 Å². The predicted octanol–water partition coefficient (Wildman–Crippen LogP) is 16.3. The van der Waals surface area contributed by atoms with Gasteiger partial charge in [0, 0.05) is 34.1 Å². The highest BCUT2D eigenvalue weighted by Crippen LogP contribution is 2.38. The van der Waals surface area contributed by atoms with Crippen LogP contribution in [0, 0.1) is 0 Å². The number of hydrogen-bond acceptors (Lipinski definition) is 2. The van der Waals surface area contributed by atoms with Crippen LogP contribution in [0.25, 0.3) is 46.6 Å². The van der Waals surface area contributed by atoms with E-state index in [1.807, 2.05) is 0 Å². The monoisotopic (exact) mass is 768 g/mol. The van der Waals surface area contributed by atoms with Gasteiger partial charge in [-0.3, -0.25) is 0 Å². The largest absolute Gasteiger partial charge is 0.310 e. The molecule has 0 radical (unpaired) electrons. The molecule has 0 heterocycles. The second-order valence-electron chi connectivity index (χ2n) is 14.7. The minimum atomic E-state index is 1.11. The Labute approximate surface area is 353 Å². The van der Waals surface area contributed by atoms with Crippen molar-refractivity contribution in [2.75, 3.05) is 9.80 Å². The van der Waals surface area contributed by atoms with Gasteiger partial charge in [-0.25, -0.2) is 0 Å². The van der Waals surface area contributed by atoms with Crippen molar-refractivity contribution in [3.05, 3.63) is 265 Å². The lowest BCUT2D eigenvalue weighted by atomic mass is 10.0. The Hall–Kier alpha value is -7.94. The lowest BCUT2D eigenvalue weighted by molar-refractivity contribution is 1.28. The maximum Gasteiger partial charge on any atom is 0.0467 e. The molecule has 60 heavy (non-hydrogen) atoms. The highest BCUT2D eigenvalue weighted by Gasteiger charge is 2.15. The maximum atomic E-state index is 2.31. The van der Waals surface area contributed by atoms with Gasteiger partial charge in [0.15, 0.2) is 0 Å². The topological polar surface area (TPSA) is 6.48 Å². The van der Waals surface area contributed by atoms with Crippen molar-refractivity contribution < 1.29 is 0 Å². The first-order valence-electron chi connectivity index (χ1n) is 20.4. The molecule has 0 bridgehead atoms. The molecule has 9 rings (SSSR count). The summed E-state index contributed by atoms with van der Waals surface area (Å²) < 4.78 is 0. The highest BCUT2D eigenvalue weighted by molar-refractivity contribution is 5.83. The summed E-state index contributed by atoms with van der Waals surface area (Å²) in [5, 5.41) is 0. The molecule has 0 aliphatic carbocycles. The van der Waals surface area contributed by atoms with Crippen LogP contribution < -0.4 is 9.80 Å². The van der Waals surface area contributed by atoms with E-state index in [0.717, 1.165) is 56.4 Å². The number of nitrogens with zero attached hydrogens (tertiary/aromatic N) is 2. The second-order valence-corrected chi connectivity index (χ2v) is 14.7. The van der Waals surface area contributed by atoms with Gasteiger partial charge in [0.05, 0.1) is 0 Å². The van der Waals surface area contributed by atoms with Crippen molar-refractivity contribution in [2.24, 2.45) is 0 Å². The molecule has 0 aliphatic rings. The first kappa shape index (κ1) is 37.6. The van der Waals surface area contributed by atoms with Crippen LogP contribution in [0.2, 0.25) is 0 Å². The molecule has 9 aromatic rings. The SMILES string of the molecule is C(=C\c1ccc(N(c2ccccc2)c2cccc(-c3ccccc3)c2)cc1)/c1ccc(/C=C/c2ccc(N(c3ccccc3)c3cccc(-c4ccccc4)c3)cc2)cc1. The molecule has 2 nitrogen and oxygen atoms in total. The molecule has 2 heteroatoms. The van der Waals surface area contributed by atoms with Crippen molar-refractivity contribution in [3.63, 3.8) is 0 Å². The van der Waals surface area contributed by atoms with Crippen LogP contribution in [-0.4, -0.2) is 0 Å². The number of para-hydroxylation sites is 2. The average molecular weight is 769 g/mol. The Kier molecular flexibility index (Phi) is 11.4. The summed E-state index contributed by atoms with van der Waals surface area (Å²) in [4.78, 5) is 4.62. The summed E-state index contributed by atoms with van der Waals surface area (Å²) >= 11 is 0. The molecule has 0 amide bonds. The third kappa shape index (κ3) is 8.95. The quantitative estimate of drug-likeness (QED) is 0.114. The molecule has 9 aromatic carbocycles. The lowest BCUT2D eigenvalue weighted by Gasteiger charge is -2.26. The Balaban J connectivity index is 0.880.